The molecule has 0 saturated carbocycles. The Bertz CT molecular complexity index is 525. The van der Waals surface area contributed by atoms with Crippen molar-refractivity contribution in [2.45, 2.75) is 39.7 Å². The number of rotatable bonds is 6. The van der Waals surface area contributed by atoms with Crippen LogP contribution in [0.15, 0.2) is 0 Å². The molecule has 2 rings (SSSR count). The highest BCUT2D eigenvalue weighted by Crippen LogP contribution is 2.25. The minimum Gasteiger partial charge on any atom is -0.481 e. The Balaban J connectivity index is 1.97. The van der Waals surface area contributed by atoms with E-state index in [9.17, 15) is 4.79 Å². The molecule has 124 valence electrons. The molecule has 0 bridgehead atoms. The topological polar surface area (TPSA) is 56.6 Å². The normalized spacial score (nSPS) is 18.3. The number of ether oxygens (including phenoxy) is 2. The molecule has 1 saturated heterocycles. The van der Waals surface area contributed by atoms with Gasteiger partial charge in [-0.1, -0.05) is 13.8 Å². The first kappa shape index (κ1) is 16.8. The predicted octanol–water partition coefficient (Wildman–Crippen LogP) is 2.01. The zero-order valence-corrected chi connectivity index (χ0v) is 14.3. The van der Waals surface area contributed by atoms with Crippen LogP contribution in [0.4, 0.5) is 0 Å². The van der Waals surface area contributed by atoms with Gasteiger partial charge >= 0.3 is 0 Å². The minimum absolute atomic E-state index is 0.0163. The second kappa shape index (κ2) is 7.13. The van der Waals surface area contributed by atoms with Crippen LogP contribution in [-0.4, -0.2) is 53.5 Å². The number of hydrogen-bond acceptors (Lipinski definition) is 4. The molecule has 0 aliphatic carbocycles. The lowest BCUT2D eigenvalue weighted by Gasteiger charge is -2.17. The summed E-state index contributed by atoms with van der Waals surface area (Å²) in [6.07, 6.45) is 2.09. The molecule has 1 atom stereocenters. The molecular weight excluding hydrogens is 282 g/mol. The van der Waals surface area contributed by atoms with E-state index >= 15 is 0 Å². The lowest BCUT2D eigenvalue weighted by atomic mass is 10.1. The molecule has 1 aromatic heterocycles. The summed E-state index contributed by atoms with van der Waals surface area (Å²) in [4.78, 5) is 14.6. The van der Waals surface area contributed by atoms with Gasteiger partial charge in [0.15, 0.2) is 0 Å². The molecule has 0 N–H and O–H groups in total. The van der Waals surface area contributed by atoms with Gasteiger partial charge in [0.1, 0.15) is 5.56 Å². The molecule has 2 heterocycles. The van der Waals surface area contributed by atoms with Crippen molar-refractivity contribution in [3.8, 4) is 5.88 Å². The van der Waals surface area contributed by atoms with Gasteiger partial charge < -0.3 is 14.4 Å². The number of carbonyl (C=O) groups is 1. The summed E-state index contributed by atoms with van der Waals surface area (Å²) < 4.78 is 12.8. The van der Waals surface area contributed by atoms with Gasteiger partial charge in [0.25, 0.3) is 5.91 Å². The van der Waals surface area contributed by atoms with E-state index in [4.69, 9.17) is 9.47 Å². The van der Waals surface area contributed by atoms with Gasteiger partial charge in [-0.05, 0) is 25.7 Å². The zero-order chi connectivity index (χ0) is 16.3. The van der Waals surface area contributed by atoms with E-state index in [0.29, 0.717) is 29.6 Å². The summed E-state index contributed by atoms with van der Waals surface area (Å²) in [7, 11) is 3.35. The fraction of sp³-hybridized carbons (Fsp3) is 0.750. The number of nitrogens with zero attached hydrogens (tertiary/aromatic N) is 3. The van der Waals surface area contributed by atoms with Crippen molar-refractivity contribution in [2.75, 3.05) is 26.8 Å². The van der Waals surface area contributed by atoms with Gasteiger partial charge in [0.05, 0.1) is 18.9 Å². The Morgan fingerprint density at radius 3 is 2.82 bits per heavy atom. The Hall–Kier alpha value is -1.56. The molecule has 1 aliphatic rings. The molecule has 0 spiro atoms. The lowest BCUT2D eigenvalue weighted by molar-refractivity contribution is 0.0483. The summed E-state index contributed by atoms with van der Waals surface area (Å²) in [6.45, 7) is 8.34. The van der Waals surface area contributed by atoms with Crippen LogP contribution in [0.5, 0.6) is 5.88 Å². The standard InChI is InChI=1S/C16H27N3O3/c1-11(2)7-9-22-13-6-8-19(10-13)15(20)14-12(3)17-18(4)16(14)21-5/h11,13H,6-10H2,1-5H3. The highest BCUT2D eigenvalue weighted by atomic mass is 16.5. The van der Waals surface area contributed by atoms with E-state index in [-0.39, 0.29) is 12.0 Å². The van der Waals surface area contributed by atoms with Crippen molar-refractivity contribution in [3.63, 3.8) is 0 Å². The van der Waals surface area contributed by atoms with Crippen LogP contribution in [-0.2, 0) is 11.8 Å². The first-order valence-electron chi connectivity index (χ1n) is 7.92. The summed E-state index contributed by atoms with van der Waals surface area (Å²) in [6, 6.07) is 0. The molecule has 6 nitrogen and oxygen atoms in total. The van der Waals surface area contributed by atoms with Gasteiger partial charge in [-0.3, -0.25) is 4.79 Å². The lowest BCUT2D eigenvalue weighted by Crippen LogP contribution is -2.30. The molecule has 0 aromatic carbocycles. The van der Waals surface area contributed by atoms with Gasteiger partial charge in [-0.15, -0.1) is 0 Å². The Labute approximate surface area is 132 Å². The smallest absolute Gasteiger partial charge is 0.261 e. The van der Waals surface area contributed by atoms with Crippen molar-refractivity contribution in [1.82, 2.24) is 14.7 Å². The van der Waals surface area contributed by atoms with Crippen LogP contribution in [0.1, 0.15) is 42.7 Å². The third kappa shape index (κ3) is 3.61. The Morgan fingerprint density at radius 1 is 1.45 bits per heavy atom. The van der Waals surface area contributed by atoms with E-state index in [0.717, 1.165) is 26.0 Å². The third-order valence-electron chi connectivity index (χ3n) is 4.06. The number of amides is 1. The Kier molecular flexibility index (Phi) is 5.45. The first-order chi connectivity index (χ1) is 10.4. The van der Waals surface area contributed by atoms with Crippen molar-refractivity contribution >= 4 is 5.91 Å². The number of methoxy groups -OCH3 is 1. The number of likely N-dealkylation sites (tertiary alicyclic amines) is 1. The van der Waals surface area contributed by atoms with Crippen LogP contribution in [0, 0.1) is 12.8 Å². The third-order valence-corrected chi connectivity index (χ3v) is 4.06. The summed E-state index contributed by atoms with van der Waals surface area (Å²) >= 11 is 0. The molecule has 1 fully saturated rings. The molecular formula is C16H27N3O3. The highest BCUT2D eigenvalue weighted by Gasteiger charge is 2.31. The molecule has 6 heteroatoms. The van der Waals surface area contributed by atoms with Gasteiger partial charge in [0, 0.05) is 26.7 Å². The van der Waals surface area contributed by atoms with Crippen LogP contribution in [0.2, 0.25) is 0 Å². The molecule has 0 radical (unpaired) electrons. The molecule has 1 unspecified atom stereocenters. The molecule has 1 amide bonds. The fourth-order valence-electron chi connectivity index (χ4n) is 2.79. The zero-order valence-electron chi connectivity index (χ0n) is 14.3. The van der Waals surface area contributed by atoms with E-state index < -0.39 is 0 Å². The van der Waals surface area contributed by atoms with Gasteiger partial charge in [-0.2, -0.15) is 5.10 Å². The second-order valence-electron chi connectivity index (χ2n) is 6.31. The second-order valence-corrected chi connectivity index (χ2v) is 6.31. The van der Waals surface area contributed by atoms with Crippen molar-refractivity contribution < 1.29 is 14.3 Å². The van der Waals surface area contributed by atoms with E-state index in [1.807, 2.05) is 11.8 Å². The summed E-state index contributed by atoms with van der Waals surface area (Å²) in [5.41, 5.74) is 1.27. The van der Waals surface area contributed by atoms with Crippen molar-refractivity contribution in [3.05, 3.63) is 11.3 Å². The maximum atomic E-state index is 12.7. The monoisotopic (exact) mass is 309 g/mol. The SMILES string of the molecule is COc1c(C(=O)N2CCC(OCCC(C)C)C2)c(C)nn1C. The average molecular weight is 309 g/mol. The van der Waals surface area contributed by atoms with E-state index in [1.165, 1.54) is 0 Å². The molecule has 1 aromatic rings. The first-order valence-corrected chi connectivity index (χ1v) is 7.92. The Morgan fingerprint density at radius 2 is 2.18 bits per heavy atom. The molecule has 1 aliphatic heterocycles. The number of hydrogen-bond donors (Lipinski definition) is 0. The van der Waals surface area contributed by atoms with Crippen molar-refractivity contribution in [2.24, 2.45) is 13.0 Å². The average Bonchev–Trinajstić information content (AvgIpc) is 3.02. The van der Waals surface area contributed by atoms with E-state index in [2.05, 4.69) is 18.9 Å². The summed E-state index contributed by atoms with van der Waals surface area (Å²) in [5, 5.41) is 4.28. The predicted molar refractivity (Wildman–Crippen MR) is 84.2 cm³/mol. The highest BCUT2D eigenvalue weighted by molar-refractivity contribution is 5.97. The maximum absolute atomic E-state index is 12.7. The van der Waals surface area contributed by atoms with Gasteiger partial charge in [-0.25, -0.2) is 4.68 Å². The van der Waals surface area contributed by atoms with Crippen LogP contribution in [0.3, 0.4) is 0 Å². The quantitative estimate of drug-likeness (QED) is 0.806. The number of aromatic nitrogens is 2. The minimum atomic E-state index is -0.0163. The number of aryl methyl sites for hydroxylation is 2. The largest absolute Gasteiger partial charge is 0.481 e. The number of carbonyl (C=O) groups excluding carboxylic acids is 1. The summed E-state index contributed by atoms with van der Waals surface area (Å²) in [5.74, 6) is 1.14. The van der Waals surface area contributed by atoms with Crippen LogP contribution < -0.4 is 4.74 Å². The van der Waals surface area contributed by atoms with Crippen LogP contribution >= 0.6 is 0 Å². The van der Waals surface area contributed by atoms with Crippen LogP contribution in [0.25, 0.3) is 0 Å². The maximum Gasteiger partial charge on any atom is 0.261 e. The van der Waals surface area contributed by atoms with Crippen molar-refractivity contribution in [1.29, 1.82) is 0 Å². The van der Waals surface area contributed by atoms with E-state index in [1.54, 1.807) is 18.8 Å². The molecule has 22 heavy (non-hydrogen) atoms. The van der Waals surface area contributed by atoms with Gasteiger partial charge in [0.2, 0.25) is 5.88 Å². The fourth-order valence-corrected chi connectivity index (χ4v) is 2.79.